The molecule has 3 nitrogen and oxygen atoms in total. The maximum atomic E-state index is 6.59. The number of hydrogen-bond acceptors (Lipinski definition) is 2. The number of nitrogens with zero attached hydrogens (tertiary/aromatic N) is 2. The van der Waals surface area contributed by atoms with E-state index in [9.17, 15) is 0 Å². The Bertz CT molecular complexity index is 3050. The van der Waals surface area contributed by atoms with Crippen LogP contribution < -0.4 is 15.3 Å². The minimum atomic E-state index is 0.754. The second kappa shape index (κ2) is 14.3. The molecule has 0 spiro atoms. The predicted octanol–water partition coefficient (Wildman–Crippen LogP) is 12.2. The van der Waals surface area contributed by atoms with Crippen LogP contribution >= 0.6 is 0 Å². The number of para-hydroxylation sites is 4. The summed E-state index contributed by atoms with van der Waals surface area (Å²) in [7, 11) is 0. The number of aromatic nitrogens is 1. The van der Waals surface area contributed by atoms with Gasteiger partial charge in [-0.2, -0.15) is 0 Å². The van der Waals surface area contributed by atoms with Gasteiger partial charge in [0.25, 0.3) is 0 Å². The summed E-state index contributed by atoms with van der Waals surface area (Å²) in [5.74, 6) is 1.00. The molecule has 7 aromatic carbocycles. The van der Waals surface area contributed by atoms with Crippen molar-refractivity contribution in [3.8, 4) is 16.8 Å². The highest BCUT2D eigenvalue weighted by Gasteiger charge is 2.22. The molecular weight excluding hydrogens is 681 g/mol. The first-order chi connectivity index (χ1) is 27.7. The Morgan fingerprint density at radius 3 is 2.14 bits per heavy atom. The summed E-state index contributed by atoms with van der Waals surface area (Å²) in [6.07, 6.45) is 12.9. The van der Waals surface area contributed by atoms with Crippen LogP contribution in [0.4, 0.5) is 11.4 Å². The number of allylic oxidation sites excluding steroid dienone is 3. The summed E-state index contributed by atoms with van der Waals surface area (Å²) in [5.41, 5.74) is 12.5. The van der Waals surface area contributed by atoms with Gasteiger partial charge in [0.1, 0.15) is 11.3 Å². The molecule has 2 aromatic heterocycles. The van der Waals surface area contributed by atoms with Crippen molar-refractivity contribution in [2.24, 2.45) is 0 Å². The van der Waals surface area contributed by atoms with E-state index in [1.807, 2.05) is 0 Å². The molecule has 0 saturated heterocycles. The van der Waals surface area contributed by atoms with E-state index in [4.69, 9.17) is 4.42 Å². The van der Waals surface area contributed by atoms with Gasteiger partial charge in [0, 0.05) is 50.8 Å². The van der Waals surface area contributed by atoms with E-state index in [2.05, 4.69) is 217 Å². The maximum Gasteiger partial charge on any atom is 0.135 e. The first-order valence-electron chi connectivity index (χ1n) is 19.4. The second-order valence-corrected chi connectivity index (χ2v) is 14.3. The molecule has 0 radical (unpaired) electrons. The van der Waals surface area contributed by atoms with Crippen LogP contribution in [0.15, 0.2) is 198 Å². The molecule has 0 N–H and O–H groups in total. The van der Waals surface area contributed by atoms with Crippen molar-refractivity contribution in [3.63, 3.8) is 0 Å². The molecule has 0 aliphatic heterocycles. The molecule has 0 unspecified atom stereocenters. The molecule has 0 atom stereocenters. The summed E-state index contributed by atoms with van der Waals surface area (Å²) < 4.78 is 8.97. The van der Waals surface area contributed by atoms with E-state index in [0.29, 0.717) is 0 Å². The molecule has 9 aromatic rings. The number of furan rings is 1. The van der Waals surface area contributed by atoms with Gasteiger partial charge < -0.3 is 13.9 Å². The lowest BCUT2D eigenvalue weighted by Crippen LogP contribution is -2.22. The lowest BCUT2D eigenvalue weighted by atomic mass is 9.95. The zero-order valence-corrected chi connectivity index (χ0v) is 31.3. The number of rotatable bonds is 8. The molecule has 268 valence electrons. The molecule has 0 bridgehead atoms. The van der Waals surface area contributed by atoms with Crippen LogP contribution in [0.2, 0.25) is 0 Å². The highest BCUT2D eigenvalue weighted by atomic mass is 16.3. The van der Waals surface area contributed by atoms with Gasteiger partial charge in [-0.05, 0) is 95.6 Å². The normalized spacial score (nSPS) is 12.7. The molecule has 2 heterocycles. The maximum absolute atomic E-state index is 6.59. The highest BCUT2D eigenvalue weighted by Crippen LogP contribution is 2.43. The molecule has 56 heavy (non-hydrogen) atoms. The SMILES string of the molecule is C/C=C(\C=C/Cc1cccc(-n2c3ccccc3c3ccccc32)c1)N(c1ccccc1)c1ccccc1-c1cccc2oc3c(c12)C=c1ccccc1=CC3. The van der Waals surface area contributed by atoms with Crippen LogP contribution in [0.3, 0.4) is 0 Å². The quantitative estimate of drug-likeness (QED) is 0.146. The van der Waals surface area contributed by atoms with E-state index in [1.165, 1.54) is 43.5 Å². The first-order valence-corrected chi connectivity index (χ1v) is 19.4. The Labute approximate surface area is 326 Å². The van der Waals surface area contributed by atoms with Crippen molar-refractivity contribution >= 4 is 56.3 Å². The van der Waals surface area contributed by atoms with Crippen molar-refractivity contribution in [3.05, 3.63) is 221 Å². The standard InChI is InChI=1S/C53H40N2O/c1-2-40(23-14-17-37-18-15-24-42(35-37)55-49-30-12-8-25-43(49)44-26-9-13-31-50(44)55)54(41-21-4-3-5-22-41)48-29-11-10-27-45(48)46-28-16-32-52-53(46)47-36-39-20-7-6-19-38(39)33-34-51(47)56-52/h2-16,18-33,35-36H,17,34H2,1H3/b23-14-,40-2+. The van der Waals surface area contributed by atoms with Crippen LogP contribution in [0, 0.1) is 0 Å². The van der Waals surface area contributed by atoms with Crippen molar-refractivity contribution in [1.29, 1.82) is 0 Å². The Balaban J connectivity index is 1.04. The fourth-order valence-electron chi connectivity index (χ4n) is 8.48. The molecule has 1 aliphatic carbocycles. The molecule has 0 fully saturated rings. The lowest BCUT2D eigenvalue weighted by molar-refractivity contribution is 0.568. The second-order valence-electron chi connectivity index (χ2n) is 14.3. The fraction of sp³-hybridized carbons (Fsp3) is 0.0566. The summed E-state index contributed by atoms with van der Waals surface area (Å²) in [5, 5.41) is 6.14. The van der Waals surface area contributed by atoms with E-state index >= 15 is 0 Å². The third-order valence-electron chi connectivity index (χ3n) is 11.0. The van der Waals surface area contributed by atoms with Crippen LogP contribution in [-0.2, 0) is 12.8 Å². The summed E-state index contributed by atoms with van der Waals surface area (Å²) in [6, 6.07) is 60.8. The highest BCUT2D eigenvalue weighted by molar-refractivity contribution is 6.09. The predicted molar refractivity (Wildman–Crippen MR) is 235 cm³/mol. The zero-order valence-electron chi connectivity index (χ0n) is 31.3. The molecule has 0 amide bonds. The Morgan fingerprint density at radius 2 is 1.34 bits per heavy atom. The van der Waals surface area contributed by atoms with Gasteiger partial charge in [-0.3, -0.25) is 0 Å². The van der Waals surface area contributed by atoms with Gasteiger partial charge >= 0.3 is 0 Å². The van der Waals surface area contributed by atoms with E-state index < -0.39 is 0 Å². The Hall–Kier alpha value is -7.10. The third-order valence-corrected chi connectivity index (χ3v) is 11.0. The Kier molecular flexibility index (Phi) is 8.53. The zero-order chi connectivity index (χ0) is 37.4. The van der Waals surface area contributed by atoms with Crippen LogP contribution in [0.5, 0.6) is 0 Å². The van der Waals surface area contributed by atoms with E-state index in [-0.39, 0.29) is 0 Å². The first kappa shape index (κ1) is 33.5. The smallest absolute Gasteiger partial charge is 0.135 e. The van der Waals surface area contributed by atoms with Crippen molar-refractivity contribution in [1.82, 2.24) is 4.57 Å². The van der Waals surface area contributed by atoms with Crippen LogP contribution in [0.1, 0.15) is 23.8 Å². The van der Waals surface area contributed by atoms with Gasteiger partial charge in [-0.15, -0.1) is 0 Å². The number of fused-ring (bicyclic) bond motifs is 7. The summed E-state index contributed by atoms with van der Waals surface area (Å²) in [6.45, 7) is 2.13. The third kappa shape index (κ3) is 5.86. The van der Waals surface area contributed by atoms with E-state index in [0.717, 1.165) is 63.3 Å². The van der Waals surface area contributed by atoms with Gasteiger partial charge in [-0.1, -0.05) is 140 Å². The molecule has 10 rings (SSSR count). The number of hydrogen-bond donors (Lipinski definition) is 0. The summed E-state index contributed by atoms with van der Waals surface area (Å²) >= 11 is 0. The van der Waals surface area contributed by atoms with Gasteiger partial charge in [0.2, 0.25) is 0 Å². The van der Waals surface area contributed by atoms with Gasteiger partial charge in [0.05, 0.1) is 16.7 Å². The monoisotopic (exact) mass is 720 g/mol. The minimum absolute atomic E-state index is 0.754. The molecular formula is C53H40N2O. The summed E-state index contributed by atoms with van der Waals surface area (Å²) in [4.78, 5) is 2.38. The lowest BCUT2D eigenvalue weighted by Gasteiger charge is -2.29. The Morgan fingerprint density at radius 1 is 0.661 bits per heavy atom. The van der Waals surface area contributed by atoms with Crippen molar-refractivity contribution in [2.75, 3.05) is 4.90 Å². The average Bonchev–Trinajstić information content (AvgIpc) is 3.72. The van der Waals surface area contributed by atoms with Gasteiger partial charge in [-0.25, -0.2) is 0 Å². The van der Waals surface area contributed by atoms with Crippen molar-refractivity contribution < 1.29 is 4.42 Å². The topological polar surface area (TPSA) is 21.3 Å². The fourth-order valence-corrected chi connectivity index (χ4v) is 8.48. The number of anilines is 2. The van der Waals surface area contributed by atoms with Crippen molar-refractivity contribution in [2.45, 2.75) is 19.8 Å². The average molecular weight is 721 g/mol. The molecule has 1 aliphatic rings. The molecule has 0 saturated carbocycles. The van der Waals surface area contributed by atoms with Crippen LogP contribution in [-0.4, -0.2) is 4.57 Å². The molecule has 3 heteroatoms. The largest absolute Gasteiger partial charge is 0.460 e. The van der Waals surface area contributed by atoms with Crippen LogP contribution in [0.25, 0.3) is 61.7 Å². The van der Waals surface area contributed by atoms with E-state index in [1.54, 1.807) is 0 Å². The van der Waals surface area contributed by atoms with Gasteiger partial charge in [0.15, 0.2) is 0 Å². The minimum Gasteiger partial charge on any atom is -0.460 e. The number of benzene rings is 7.